The molecule has 8 heteroatoms. The zero-order valence-corrected chi connectivity index (χ0v) is 17.5. The Morgan fingerprint density at radius 3 is 2.87 bits per heavy atom. The molecule has 2 heterocycles. The van der Waals surface area contributed by atoms with Crippen LogP contribution >= 0.6 is 11.8 Å². The number of phenolic OH excluding ortho intramolecular Hbond substituents is 1. The predicted octanol–water partition coefficient (Wildman–Crippen LogP) is 3.49. The maximum Gasteiger partial charge on any atom is 0.250 e. The molecule has 30 heavy (non-hydrogen) atoms. The Labute approximate surface area is 179 Å². The highest BCUT2D eigenvalue weighted by Crippen LogP contribution is 2.27. The van der Waals surface area contributed by atoms with Gasteiger partial charge in [0.15, 0.2) is 0 Å². The van der Waals surface area contributed by atoms with Gasteiger partial charge in [0.05, 0.1) is 12.0 Å². The third kappa shape index (κ3) is 4.71. The molecular weight excluding hydrogens is 398 g/mol. The zero-order valence-electron chi connectivity index (χ0n) is 16.7. The minimum absolute atomic E-state index is 0.145. The first-order valence-corrected chi connectivity index (χ1v) is 10.8. The highest BCUT2D eigenvalue weighted by molar-refractivity contribution is 7.99. The fourth-order valence-electron chi connectivity index (χ4n) is 3.38. The fraction of sp³-hybridized carbons (Fsp3) is 0.273. The largest absolute Gasteiger partial charge is 0.507 e. The van der Waals surface area contributed by atoms with E-state index in [9.17, 15) is 9.90 Å². The van der Waals surface area contributed by atoms with Crippen LogP contribution in [0.3, 0.4) is 0 Å². The highest BCUT2D eigenvalue weighted by Gasteiger charge is 2.16. The number of thioether (sulfide) groups is 1. The number of amides is 1. The Balaban J connectivity index is 1.35. The van der Waals surface area contributed by atoms with E-state index in [-0.39, 0.29) is 17.4 Å². The van der Waals surface area contributed by atoms with Gasteiger partial charge in [0.25, 0.3) is 0 Å². The number of nitrogens with zero attached hydrogens (tertiary/aromatic N) is 4. The monoisotopic (exact) mass is 421 g/mol. The Bertz CT molecular complexity index is 1100. The minimum Gasteiger partial charge on any atom is -0.507 e. The average molecular weight is 422 g/mol. The van der Waals surface area contributed by atoms with Crippen LogP contribution in [-0.2, 0) is 4.79 Å². The molecule has 154 valence electrons. The Hall–Kier alpha value is -3.13. The number of hydrazone groups is 1. The van der Waals surface area contributed by atoms with Crippen LogP contribution in [0.2, 0.25) is 0 Å². The molecule has 4 rings (SSSR count). The minimum atomic E-state index is -0.240. The van der Waals surface area contributed by atoms with E-state index in [0.29, 0.717) is 5.56 Å². The molecule has 2 aromatic carbocycles. The predicted molar refractivity (Wildman–Crippen MR) is 120 cm³/mol. The number of hydrogen-bond donors (Lipinski definition) is 2. The number of rotatable bonds is 6. The van der Waals surface area contributed by atoms with E-state index in [0.717, 1.165) is 53.4 Å². The number of hydrogen-bond acceptors (Lipinski definition) is 7. The molecule has 0 radical (unpaired) electrons. The van der Waals surface area contributed by atoms with Crippen LogP contribution in [0.15, 0.2) is 52.6 Å². The lowest BCUT2D eigenvalue weighted by Crippen LogP contribution is -2.21. The van der Waals surface area contributed by atoms with Crippen molar-refractivity contribution in [3.63, 3.8) is 0 Å². The molecule has 0 aliphatic carbocycles. The van der Waals surface area contributed by atoms with Gasteiger partial charge in [-0.3, -0.25) is 4.79 Å². The number of carbonyl (C=O) groups is 1. The maximum absolute atomic E-state index is 12.2. The van der Waals surface area contributed by atoms with Crippen molar-refractivity contribution in [1.82, 2.24) is 15.4 Å². The van der Waals surface area contributed by atoms with E-state index in [1.165, 1.54) is 18.0 Å². The Kier molecular flexibility index (Phi) is 6.13. The molecule has 0 atom stereocenters. The summed E-state index contributed by atoms with van der Waals surface area (Å²) in [6, 6.07) is 13.1. The normalized spacial score (nSPS) is 14.0. The quantitative estimate of drug-likeness (QED) is 0.274. The molecule has 1 fully saturated rings. The van der Waals surface area contributed by atoms with Crippen molar-refractivity contribution in [2.75, 3.05) is 23.7 Å². The molecular formula is C22H23N5O2S. The second-order valence-corrected chi connectivity index (χ2v) is 8.14. The van der Waals surface area contributed by atoms with Crippen molar-refractivity contribution >= 4 is 40.6 Å². The fourth-order valence-corrected chi connectivity index (χ4v) is 4.12. The van der Waals surface area contributed by atoms with E-state index < -0.39 is 0 Å². The summed E-state index contributed by atoms with van der Waals surface area (Å²) in [6.07, 6.45) is 3.77. The number of aromatic nitrogens is 2. The van der Waals surface area contributed by atoms with Crippen molar-refractivity contribution in [3.05, 3.63) is 53.7 Å². The van der Waals surface area contributed by atoms with Gasteiger partial charge in [-0.1, -0.05) is 42.1 Å². The van der Waals surface area contributed by atoms with Gasteiger partial charge < -0.3 is 10.0 Å². The van der Waals surface area contributed by atoms with Gasteiger partial charge in [0, 0.05) is 29.7 Å². The van der Waals surface area contributed by atoms with Crippen LogP contribution in [0.25, 0.3) is 10.8 Å². The summed E-state index contributed by atoms with van der Waals surface area (Å²) in [7, 11) is 0. The van der Waals surface area contributed by atoms with Crippen LogP contribution in [0.1, 0.15) is 24.1 Å². The van der Waals surface area contributed by atoms with E-state index in [2.05, 4.69) is 25.4 Å². The molecule has 1 amide bonds. The van der Waals surface area contributed by atoms with Crippen LogP contribution < -0.4 is 10.3 Å². The van der Waals surface area contributed by atoms with Crippen molar-refractivity contribution in [1.29, 1.82) is 0 Å². The third-order valence-corrected chi connectivity index (χ3v) is 5.80. The first-order chi connectivity index (χ1) is 14.6. The highest BCUT2D eigenvalue weighted by atomic mass is 32.2. The second-order valence-electron chi connectivity index (χ2n) is 7.15. The smallest absolute Gasteiger partial charge is 0.250 e. The Morgan fingerprint density at radius 2 is 2.03 bits per heavy atom. The van der Waals surface area contributed by atoms with E-state index in [4.69, 9.17) is 0 Å². The maximum atomic E-state index is 12.2. The average Bonchev–Trinajstić information content (AvgIpc) is 3.29. The number of nitrogens with one attached hydrogen (secondary N) is 1. The molecule has 0 spiro atoms. The Morgan fingerprint density at radius 1 is 1.23 bits per heavy atom. The molecule has 0 bridgehead atoms. The van der Waals surface area contributed by atoms with Gasteiger partial charge in [-0.25, -0.2) is 15.4 Å². The first-order valence-electron chi connectivity index (χ1n) is 9.86. The molecule has 3 aromatic rings. The topological polar surface area (TPSA) is 90.7 Å². The number of fused-ring (bicyclic) bond motifs is 1. The van der Waals surface area contributed by atoms with Gasteiger partial charge in [-0.2, -0.15) is 5.10 Å². The van der Waals surface area contributed by atoms with Gasteiger partial charge >= 0.3 is 0 Å². The molecule has 0 saturated carbocycles. The molecule has 1 aromatic heterocycles. The lowest BCUT2D eigenvalue weighted by atomic mass is 10.1. The lowest BCUT2D eigenvalue weighted by Gasteiger charge is -2.16. The van der Waals surface area contributed by atoms with Crippen molar-refractivity contribution in [2.45, 2.75) is 24.8 Å². The van der Waals surface area contributed by atoms with Gasteiger partial charge in [0.1, 0.15) is 10.8 Å². The summed E-state index contributed by atoms with van der Waals surface area (Å²) >= 11 is 1.35. The van der Waals surface area contributed by atoms with Crippen LogP contribution in [0, 0.1) is 6.92 Å². The van der Waals surface area contributed by atoms with E-state index >= 15 is 0 Å². The molecule has 1 aliphatic rings. The summed E-state index contributed by atoms with van der Waals surface area (Å²) < 4.78 is 0. The zero-order chi connectivity index (χ0) is 20.9. The summed E-state index contributed by atoms with van der Waals surface area (Å²) in [5, 5.41) is 16.8. The van der Waals surface area contributed by atoms with E-state index in [1.807, 2.05) is 43.3 Å². The molecule has 7 nitrogen and oxygen atoms in total. The van der Waals surface area contributed by atoms with Crippen molar-refractivity contribution in [3.8, 4) is 5.75 Å². The molecule has 2 N–H and O–H groups in total. The van der Waals surface area contributed by atoms with Crippen molar-refractivity contribution in [2.24, 2.45) is 5.10 Å². The summed E-state index contributed by atoms with van der Waals surface area (Å²) in [5.41, 5.74) is 3.94. The standard InChI is InChI=1S/C22H23N5O2S/c1-15-12-20(25-22(24-15)27-10-4-5-11-27)30-14-19(28)26-23-13-17-9-8-16-6-2-3-7-18(16)21(17)29/h2-3,6-9,12-13,29H,4-5,10-11,14H2,1H3,(H,26,28). The summed E-state index contributed by atoms with van der Waals surface area (Å²) in [6.45, 7) is 3.89. The van der Waals surface area contributed by atoms with Gasteiger partial charge in [-0.05, 0) is 37.3 Å². The summed E-state index contributed by atoms with van der Waals surface area (Å²) in [5.74, 6) is 0.832. The first kappa shape index (κ1) is 20.2. The van der Waals surface area contributed by atoms with Gasteiger partial charge in [0.2, 0.25) is 11.9 Å². The van der Waals surface area contributed by atoms with Gasteiger partial charge in [-0.15, -0.1) is 0 Å². The second kappa shape index (κ2) is 9.13. The molecule has 0 unspecified atom stereocenters. The van der Waals surface area contributed by atoms with Crippen LogP contribution in [0.4, 0.5) is 5.95 Å². The molecule has 1 saturated heterocycles. The summed E-state index contributed by atoms with van der Waals surface area (Å²) in [4.78, 5) is 23.4. The van der Waals surface area contributed by atoms with E-state index in [1.54, 1.807) is 6.07 Å². The number of benzene rings is 2. The number of phenols is 1. The van der Waals surface area contributed by atoms with Crippen LogP contribution in [0.5, 0.6) is 5.75 Å². The number of aromatic hydroxyl groups is 1. The number of carbonyl (C=O) groups excluding carboxylic acids is 1. The number of anilines is 1. The van der Waals surface area contributed by atoms with Crippen LogP contribution in [-0.4, -0.2) is 46.0 Å². The van der Waals surface area contributed by atoms with Crippen molar-refractivity contribution < 1.29 is 9.90 Å². The number of aryl methyl sites for hydroxylation is 1. The molecule has 1 aliphatic heterocycles. The lowest BCUT2D eigenvalue weighted by molar-refractivity contribution is -0.118. The third-order valence-electron chi connectivity index (χ3n) is 4.88. The SMILES string of the molecule is Cc1cc(SCC(=O)NN=Cc2ccc3ccccc3c2O)nc(N2CCCC2)n1.